The summed E-state index contributed by atoms with van der Waals surface area (Å²) in [6.07, 6.45) is 1.77. The van der Waals surface area contributed by atoms with Gasteiger partial charge in [-0.1, -0.05) is 17.7 Å². The van der Waals surface area contributed by atoms with Gasteiger partial charge in [0.1, 0.15) is 5.49 Å². The summed E-state index contributed by atoms with van der Waals surface area (Å²) in [6.45, 7) is 3.99. The molecule has 6 heteroatoms. The van der Waals surface area contributed by atoms with Crippen molar-refractivity contribution in [2.45, 2.75) is 25.6 Å². The zero-order valence-electron chi connectivity index (χ0n) is 12.0. The van der Waals surface area contributed by atoms with E-state index in [0.29, 0.717) is 11.2 Å². The molecule has 0 radical (unpaired) electrons. The van der Waals surface area contributed by atoms with Gasteiger partial charge in [0.25, 0.3) is 0 Å². The Hall–Kier alpha value is -1.04. The van der Waals surface area contributed by atoms with Crippen LogP contribution in [-0.2, 0) is 5.75 Å². The number of halogens is 1. The molecule has 0 atom stereocenters. The Bertz CT molecular complexity index is 676. The first-order chi connectivity index (χ1) is 10.1. The molecule has 2 aromatic rings. The van der Waals surface area contributed by atoms with E-state index >= 15 is 0 Å². The van der Waals surface area contributed by atoms with Gasteiger partial charge in [0, 0.05) is 22.9 Å². The molecule has 3 nitrogen and oxygen atoms in total. The molecule has 21 heavy (non-hydrogen) atoms. The molecule has 0 amide bonds. The van der Waals surface area contributed by atoms with E-state index in [2.05, 4.69) is 4.99 Å². The van der Waals surface area contributed by atoms with Crippen molar-refractivity contribution in [3.63, 3.8) is 0 Å². The smallest absolute Gasteiger partial charge is 0.242 e. The van der Waals surface area contributed by atoms with Crippen molar-refractivity contribution in [2.24, 2.45) is 4.99 Å². The molecule has 2 heterocycles. The second-order valence-electron chi connectivity index (χ2n) is 4.74. The average Bonchev–Trinajstić information content (AvgIpc) is 2.84. The van der Waals surface area contributed by atoms with Gasteiger partial charge < -0.3 is 0 Å². The van der Waals surface area contributed by atoms with Gasteiger partial charge in [-0.25, -0.2) is 0 Å². The molecule has 0 unspecified atom stereocenters. The van der Waals surface area contributed by atoms with Crippen molar-refractivity contribution >= 4 is 40.6 Å². The van der Waals surface area contributed by atoms with Crippen LogP contribution in [0.4, 0.5) is 0 Å². The molecule has 2 aromatic heterocycles. The fourth-order valence-electron chi connectivity index (χ4n) is 1.75. The number of hydrogen-bond acceptors (Lipinski definition) is 4. The van der Waals surface area contributed by atoms with E-state index in [1.165, 1.54) is 4.88 Å². The zero-order valence-corrected chi connectivity index (χ0v) is 14.3. The van der Waals surface area contributed by atoms with Crippen LogP contribution < -0.4 is 5.49 Å². The third-order valence-electron chi connectivity index (χ3n) is 2.60. The molecular formula is C15H17ClN2OS2. The lowest BCUT2D eigenvalue weighted by Crippen LogP contribution is -2.28. The molecule has 112 valence electrons. The number of thiophene rings is 1. The molecular weight excluding hydrogens is 324 g/mol. The Balaban J connectivity index is 2.00. The lowest BCUT2D eigenvalue weighted by molar-refractivity contribution is 0.0936. The minimum absolute atomic E-state index is 0.0441. The molecule has 2 rings (SSSR count). The second kappa shape index (κ2) is 7.82. The summed E-state index contributed by atoms with van der Waals surface area (Å²) in [5, 5.41) is 0. The van der Waals surface area contributed by atoms with Gasteiger partial charge in [0.05, 0.1) is 10.1 Å². The Morgan fingerprint density at radius 3 is 2.86 bits per heavy atom. The maximum absolute atomic E-state index is 12.3. The van der Waals surface area contributed by atoms with Crippen molar-refractivity contribution in [3.8, 4) is 0 Å². The number of pyridine rings is 1. The maximum atomic E-state index is 12.3. The molecule has 0 fully saturated rings. The second-order valence-corrected chi connectivity index (χ2v) is 7.53. The van der Waals surface area contributed by atoms with E-state index in [1.54, 1.807) is 33.9 Å². The summed E-state index contributed by atoms with van der Waals surface area (Å²) in [7, 11) is 0. The van der Waals surface area contributed by atoms with E-state index in [0.717, 1.165) is 10.1 Å². The highest BCUT2D eigenvalue weighted by atomic mass is 35.5. The SMILES string of the molecule is CC(C)N=c1ccccn1C(=O)CSCc1ccc(Cl)s1. The maximum Gasteiger partial charge on any atom is 0.242 e. The van der Waals surface area contributed by atoms with Crippen LogP contribution in [0.15, 0.2) is 41.5 Å². The van der Waals surface area contributed by atoms with Crippen LogP contribution >= 0.6 is 34.7 Å². The third kappa shape index (κ3) is 5.02. The van der Waals surface area contributed by atoms with Crippen molar-refractivity contribution in [2.75, 3.05) is 5.75 Å². The van der Waals surface area contributed by atoms with E-state index in [9.17, 15) is 4.79 Å². The van der Waals surface area contributed by atoms with Gasteiger partial charge in [-0.3, -0.25) is 14.4 Å². The Kier molecular flexibility index (Phi) is 6.08. The minimum atomic E-state index is 0.0441. The van der Waals surface area contributed by atoms with Gasteiger partial charge in [-0.05, 0) is 38.1 Å². The Labute approximate surface area is 137 Å². The molecule has 0 spiro atoms. The molecule has 0 aliphatic rings. The van der Waals surface area contributed by atoms with E-state index in [-0.39, 0.29) is 11.9 Å². The van der Waals surface area contributed by atoms with Crippen LogP contribution in [0.1, 0.15) is 23.5 Å². The number of hydrogen-bond donors (Lipinski definition) is 0. The first kappa shape index (κ1) is 16.3. The van der Waals surface area contributed by atoms with Gasteiger partial charge in [-0.15, -0.1) is 23.1 Å². The first-order valence-electron chi connectivity index (χ1n) is 6.63. The van der Waals surface area contributed by atoms with Gasteiger partial charge >= 0.3 is 0 Å². The summed E-state index contributed by atoms with van der Waals surface area (Å²) in [6, 6.07) is 9.65. The van der Waals surface area contributed by atoms with Gasteiger partial charge in [0.2, 0.25) is 5.91 Å². The van der Waals surface area contributed by atoms with Crippen LogP contribution in [0.5, 0.6) is 0 Å². The van der Waals surface area contributed by atoms with E-state index in [1.807, 2.05) is 44.2 Å². The lowest BCUT2D eigenvalue weighted by atomic mass is 10.4. The van der Waals surface area contributed by atoms with Crippen LogP contribution in [-0.4, -0.2) is 22.3 Å². The predicted molar refractivity (Wildman–Crippen MR) is 91.2 cm³/mol. The highest BCUT2D eigenvalue weighted by Gasteiger charge is 2.07. The zero-order chi connectivity index (χ0) is 15.2. The average molecular weight is 341 g/mol. The van der Waals surface area contributed by atoms with E-state index in [4.69, 9.17) is 11.6 Å². The number of rotatable bonds is 5. The fourth-order valence-corrected chi connectivity index (χ4v) is 3.83. The van der Waals surface area contributed by atoms with Gasteiger partial charge in [0.15, 0.2) is 0 Å². The Morgan fingerprint density at radius 1 is 1.38 bits per heavy atom. The lowest BCUT2D eigenvalue weighted by Gasteiger charge is -2.06. The topological polar surface area (TPSA) is 34.4 Å². The summed E-state index contributed by atoms with van der Waals surface area (Å²) in [5.74, 6) is 1.26. The molecule has 0 saturated heterocycles. The van der Waals surface area contributed by atoms with Crippen LogP contribution in [0.2, 0.25) is 4.34 Å². The number of carbonyl (C=O) groups excluding carboxylic acids is 1. The Morgan fingerprint density at radius 2 is 2.19 bits per heavy atom. The van der Waals surface area contributed by atoms with Crippen LogP contribution in [0.25, 0.3) is 0 Å². The van der Waals surface area contributed by atoms with Crippen molar-refractivity contribution in [3.05, 3.63) is 51.2 Å². The quantitative estimate of drug-likeness (QED) is 0.821. The molecule has 0 saturated carbocycles. The monoisotopic (exact) mass is 340 g/mol. The summed E-state index contributed by atoms with van der Waals surface area (Å²) < 4.78 is 2.40. The number of carbonyl (C=O) groups is 1. The molecule has 0 aliphatic carbocycles. The van der Waals surface area contributed by atoms with Gasteiger partial charge in [-0.2, -0.15) is 0 Å². The molecule has 0 bridgehead atoms. The van der Waals surface area contributed by atoms with Crippen molar-refractivity contribution < 1.29 is 4.79 Å². The predicted octanol–water partition coefficient (Wildman–Crippen LogP) is 4.09. The van der Waals surface area contributed by atoms with Crippen LogP contribution in [0, 0.1) is 0 Å². The van der Waals surface area contributed by atoms with Crippen LogP contribution in [0.3, 0.4) is 0 Å². The molecule has 0 aromatic carbocycles. The van der Waals surface area contributed by atoms with E-state index < -0.39 is 0 Å². The molecule has 0 N–H and O–H groups in total. The first-order valence-corrected chi connectivity index (χ1v) is 8.98. The van der Waals surface area contributed by atoms with Crippen molar-refractivity contribution in [1.82, 2.24) is 4.57 Å². The number of nitrogens with zero attached hydrogens (tertiary/aromatic N) is 2. The summed E-state index contributed by atoms with van der Waals surface area (Å²) >= 11 is 9.04. The highest BCUT2D eigenvalue weighted by Crippen LogP contribution is 2.25. The fraction of sp³-hybridized carbons (Fsp3) is 0.333. The minimum Gasteiger partial charge on any atom is -0.273 e. The summed E-state index contributed by atoms with van der Waals surface area (Å²) in [5.41, 5.74) is 0.706. The standard InChI is InChI=1S/C15H17ClN2OS2/c1-11(2)17-14-5-3-4-8-18(14)15(19)10-20-9-12-6-7-13(16)21-12/h3-8,11H,9-10H2,1-2H3. The molecule has 0 aliphatic heterocycles. The summed E-state index contributed by atoms with van der Waals surface area (Å²) in [4.78, 5) is 18.0. The van der Waals surface area contributed by atoms with Crippen molar-refractivity contribution in [1.29, 1.82) is 0 Å². The normalized spacial score (nSPS) is 12.1. The third-order valence-corrected chi connectivity index (χ3v) is 4.98. The largest absolute Gasteiger partial charge is 0.273 e. The number of aromatic nitrogens is 1. The highest BCUT2D eigenvalue weighted by molar-refractivity contribution is 7.99. The number of thioether (sulfide) groups is 1.